The van der Waals surface area contributed by atoms with Crippen LogP contribution in [0.1, 0.15) is 37.1 Å². The van der Waals surface area contributed by atoms with E-state index in [1.807, 2.05) is 19.1 Å². The summed E-state index contributed by atoms with van der Waals surface area (Å²) in [7, 11) is 0. The quantitative estimate of drug-likeness (QED) is 0.342. The second-order valence-electron chi connectivity index (χ2n) is 9.11. The van der Waals surface area contributed by atoms with Crippen molar-refractivity contribution >= 4 is 50.8 Å². The third-order valence-electron chi connectivity index (χ3n) is 6.56. The number of rotatable bonds is 8. The molecule has 196 valence electrons. The molecular formula is C26H30N4O5S2. The minimum Gasteiger partial charge on any atom is -0.494 e. The molecule has 2 aliphatic heterocycles. The van der Waals surface area contributed by atoms with Gasteiger partial charge in [-0.25, -0.2) is 4.98 Å². The van der Waals surface area contributed by atoms with Gasteiger partial charge in [-0.3, -0.25) is 19.0 Å². The van der Waals surface area contributed by atoms with Crippen molar-refractivity contribution in [3.8, 4) is 5.75 Å². The van der Waals surface area contributed by atoms with Gasteiger partial charge in [0.15, 0.2) is 5.16 Å². The van der Waals surface area contributed by atoms with E-state index >= 15 is 0 Å². The van der Waals surface area contributed by atoms with Gasteiger partial charge in [-0.05, 0) is 56.0 Å². The zero-order chi connectivity index (χ0) is 25.9. The summed E-state index contributed by atoms with van der Waals surface area (Å²) >= 11 is 2.72. The molecule has 1 N–H and O–H groups in total. The molecule has 0 radical (unpaired) electrons. The van der Waals surface area contributed by atoms with Crippen LogP contribution in [0, 0.1) is 0 Å². The van der Waals surface area contributed by atoms with E-state index in [1.54, 1.807) is 28.5 Å². The van der Waals surface area contributed by atoms with Crippen LogP contribution < -0.4 is 15.6 Å². The standard InChI is InChI=1S/C26H30N4O5S2/c1-3-34-18-8-6-17(7-9-18)27-22(32)15-36-26-28-24-23(25(33)30(26)13-19-5-4-12-35-19)20-10-11-29(16(2)31)14-21(20)37-24/h6-9,19H,3-5,10-15H2,1-2H3,(H,27,32)/t19-/m1/s1. The summed E-state index contributed by atoms with van der Waals surface area (Å²) in [5.74, 6) is 0.701. The van der Waals surface area contributed by atoms with E-state index in [2.05, 4.69) is 5.32 Å². The fourth-order valence-electron chi connectivity index (χ4n) is 4.72. The predicted molar refractivity (Wildman–Crippen MR) is 145 cm³/mol. The van der Waals surface area contributed by atoms with Crippen LogP contribution in [-0.4, -0.2) is 57.9 Å². The number of ether oxygens (including phenoxy) is 2. The number of hydrogen-bond donors (Lipinski definition) is 1. The zero-order valence-electron chi connectivity index (χ0n) is 21.0. The first-order valence-corrected chi connectivity index (χ1v) is 14.3. The molecule has 1 saturated heterocycles. The number of benzene rings is 1. The predicted octanol–water partition coefficient (Wildman–Crippen LogP) is 3.67. The molecule has 3 aromatic rings. The molecule has 2 amide bonds. The van der Waals surface area contributed by atoms with Gasteiger partial charge in [0, 0.05) is 30.6 Å². The van der Waals surface area contributed by atoms with Crippen molar-refractivity contribution in [3.05, 3.63) is 45.1 Å². The first-order chi connectivity index (χ1) is 17.9. The first-order valence-electron chi connectivity index (χ1n) is 12.5. The molecule has 11 heteroatoms. The maximum absolute atomic E-state index is 13.8. The zero-order valence-corrected chi connectivity index (χ0v) is 22.6. The Morgan fingerprint density at radius 2 is 2.11 bits per heavy atom. The number of nitrogens with one attached hydrogen (secondary N) is 1. The van der Waals surface area contributed by atoms with Crippen molar-refractivity contribution in [2.75, 3.05) is 30.8 Å². The third kappa shape index (κ3) is 5.68. The number of hydrogen-bond acceptors (Lipinski definition) is 8. The second-order valence-corrected chi connectivity index (χ2v) is 11.1. The van der Waals surface area contributed by atoms with Crippen molar-refractivity contribution in [2.24, 2.45) is 0 Å². The molecule has 2 aliphatic rings. The highest BCUT2D eigenvalue weighted by molar-refractivity contribution is 7.99. The Balaban J connectivity index is 1.39. The Morgan fingerprint density at radius 1 is 1.30 bits per heavy atom. The van der Waals surface area contributed by atoms with Crippen molar-refractivity contribution in [1.29, 1.82) is 0 Å². The molecule has 0 unspecified atom stereocenters. The molecule has 2 aromatic heterocycles. The number of carbonyl (C=O) groups excluding carboxylic acids is 2. The maximum Gasteiger partial charge on any atom is 0.263 e. The number of aromatic nitrogens is 2. The van der Waals surface area contributed by atoms with Crippen LogP contribution in [-0.2, 0) is 33.8 Å². The molecule has 0 bridgehead atoms. The van der Waals surface area contributed by atoms with E-state index < -0.39 is 0 Å². The van der Waals surface area contributed by atoms with E-state index in [4.69, 9.17) is 14.5 Å². The Labute approximate surface area is 223 Å². The Bertz CT molecular complexity index is 1360. The third-order valence-corrected chi connectivity index (χ3v) is 8.65. The van der Waals surface area contributed by atoms with E-state index in [0.29, 0.717) is 60.3 Å². The lowest BCUT2D eigenvalue weighted by Gasteiger charge is -2.25. The maximum atomic E-state index is 13.8. The number of nitrogens with zero attached hydrogens (tertiary/aromatic N) is 3. The topological polar surface area (TPSA) is 103 Å². The van der Waals surface area contributed by atoms with E-state index in [1.165, 1.54) is 23.1 Å². The molecule has 0 aliphatic carbocycles. The molecule has 1 fully saturated rings. The Morgan fingerprint density at radius 3 is 2.81 bits per heavy atom. The van der Waals surface area contributed by atoms with Gasteiger partial charge in [-0.15, -0.1) is 11.3 Å². The van der Waals surface area contributed by atoms with Gasteiger partial charge in [0.1, 0.15) is 10.6 Å². The molecular weight excluding hydrogens is 512 g/mol. The average Bonchev–Trinajstić information content (AvgIpc) is 3.53. The van der Waals surface area contributed by atoms with E-state index in [9.17, 15) is 14.4 Å². The van der Waals surface area contributed by atoms with Crippen LogP contribution in [0.25, 0.3) is 10.2 Å². The molecule has 0 spiro atoms. The summed E-state index contributed by atoms with van der Waals surface area (Å²) in [5, 5.41) is 4.04. The van der Waals surface area contributed by atoms with Gasteiger partial charge in [0.2, 0.25) is 11.8 Å². The van der Waals surface area contributed by atoms with Crippen LogP contribution in [0.4, 0.5) is 5.69 Å². The molecule has 37 heavy (non-hydrogen) atoms. The monoisotopic (exact) mass is 542 g/mol. The SMILES string of the molecule is CCOc1ccc(NC(=O)CSc2nc3sc4c(c3c(=O)n2C[C@H]2CCCO2)CCN(C(C)=O)C4)cc1. The van der Waals surface area contributed by atoms with Gasteiger partial charge in [0.25, 0.3) is 5.56 Å². The van der Waals surface area contributed by atoms with Gasteiger partial charge in [-0.2, -0.15) is 0 Å². The number of fused-ring (bicyclic) bond motifs is 3. The van der Waals surface area contributed by atoms with Gasteiger partial charge >= 0.3 is 0 Å². The van der Waals surface area contributed by atoms with Crippen molar-refractivity contribution in [1.82, 2.24) is 14.5 Å². The van der Waals surface area contributed by atoms with E-state index in [-0.39, 0.29) is 29.2 Å². The number of anilines is 1. The van der Waals surface area contributed by atoms with Gasteiger partial charge < -0.3 is 19.7 Å². The largest absolute Gasteiger partial charge is 0.494 e. The summed E-state index contributed by atoms with van der Waals surface area (Å²) in [6, 6.07) is 7.22. The summed E-state index contributed by atoms with van der Waals surface area (Å²) in [5.41, 5.74) is 1.58. The summed E-state index contributed by atoms with van der Waals surface area (Å²) in [6.45, 7) is 6.27. The molecule has 5 rings (SSSR count). The van der Waals surface area contributed by atoms with Crippen molar-refractivity contribution in [2.45, 2.75) is 57.5 Å². The molecule has 9 nitrogen and oxygen atoms in total. The number of thioether (sulfide) groups is 1. The lowest BCUT2D eigenvalue weighted by atomic mass is 10.1. The van der Waals surface area contributed by atoms with Crippen LogP contribution in [0.5, 0.6) is 5.75 Å². The van der Waals surface area contributed by atoms with Crippen molar-refractivity contribution < 1.29 is 19.1 Å². The van der Waals surface area contributed by atoms with E-state index in [0.717, 1.165) is 29.0 Å². The fraction of sp³-hybridized carbons (Fsp3) is 0.462. The van der Waals surface area contributed by atoms with Crippen LogP contribution in [0.15, 0.2) is 34.2 Å². The molecule has 1 atom stereocenters. The Hall–Kier alpha value is -2.89. The van der Waals surface area contributed by atoms with Crippen LogP contribution >= 0.6 is 23.1 Å². The average molecular weight is 543 g/mol. The number of carbonyl (C=O) groups is 2. The summed E-state index contributed by atoms with van der Waals surface area (Å²) < 4.78 is 12.9. The highest BCUT2D eigenvalue weighted by Crippen LogP contribution is 2.34. The molecule has 4 heterocycles. The minimum atomic E-state index is -0.185. The highest BCUT2D eigenvalue weighted by Gasteiger charge is 2.27. The number of amides is 2. The summed E-state index contributed by atoms with van der Waals surface area (Å²) in [4.78, 5) is 46.7. The first kappa shape index (κ1) is 25.7. The number of thiophene rings is 1. The second kappa shape index (κ2) is 11.2. The van der Waals surface area contributed by atoms with Crippen molar-refractivity contribution in [3.63, 3.8) is 0 Å². The molecule has 0 saturated carbocycles. The normalized spacial score (nSPS) is 17.1. The lowest BCUT2D eigenvalue weighted by Crippen LogP contribution is -2.34. The van der Waals surface area contributed by atoms with Crippen LogP contribution in [0.2, 0.25) is 0 Å². The summed E-state index contributed by atoms with van der Waals surface area (Å²) in [6.07, 6.45) is 2.46. The molecule has 1 aromatic carbocycles. The fourth-order valence-corrected chi connectivity index (χ4v) is 6.80. The smallest absolute Gasteiger partial charge is 0.263 e. The van der Waals surface area contributed by atoms with Gasteiger partial charge in [-0.1, -0.05) is 11.8 Å². The Kier molecular flexibility index (Phi) is 7.82. The van der Waals surface area contributed by atoms with Gasteiger partial charge in [0.05, 0.1) is 36.9 Å². The minimum absolute atomic E-state index is 0.0293. The van der Waals surface area contributed by atoms with Crippen LogP contribution in [0.3, 0.4) is 0 Å². The lowest BCUT2D eigenvalue weighted by molar-refractivity contribution is -0.129. The highest BCUT2D eigenvalue weighted by atomic mass is 32.2.